The number of nitrogens with two attached hydrogens (primary N) is 1. The number of nitrogen functional groups attached to an aromatic ring is 1. The third kappa shape index (κ3) is 3.08. The van der Waals surface area contributed by atoms with Crippen LogP contribution in [0.1, 0.15) is 10.4 Å². The van der Waals surface area contributed by atoms with E-state index in [0.717, 1.165) is 0 Å². The molecule has 0 heterocycles. The molecule has 0 aromatic heterocycles. The molecule has 0 saturated carbocycles. The molecule has 3 N–H and O–H groups in total. The second kappa shape index (κ2) is 5.92. The molecule has 0 fully saturated rings. The number of rotatable bonds is 3. The topological polar surface area (TPSA) is 64.3 Å². The van der Waals surface area contributed by atoms with Crippen LogP contribution in [0.2, 0.25) is 0 Å². The molecule has 0 aliphatic heterocycles. The summed E-state index contributed by atoms with van der Waals surface area (Å²) < 4.78 is 18.4. The first-order chi connectivity index (χ1) is 9.51. The molecule has 0 atom stereocenters. The fourth-order valence-electron chi connectivity index (χ4n) is 1.65. The monoisotopic (exact) mass is 338 g/mol. The van der Waals surface area contributed by atoms with Crippen molar-refractivity contribution in [1.82, 2.24) is 0 Å². The minimum Gasteiger partial charge on any atom is -0.495 e. The molecule has 0 aliphatic carbocycles. The quantitative estimate of drug-likeness (QED) is 0.842. The van der Waals surface area contributed by atoms with Gasteiger partial charge in [-0.2, -0.15) is 0 Å². The van der Waals surface area contributed by atoms with Crippen molar-refractivity contribution in [2.24, 2.45) is 0 Å². The van der Waals surface area contributed by atoms with Gasteiger partial charge in [-0.25, -0.2) is 4.39 Å². The van der Waals surface area contributed by atoms with Gasteiger partial charge in [0, 0.05) is 11.3 Å². The minimum atomic E-state index is -0.421. The molecule has 20 heavy (non-hydrogen) atoms. The van der Waals surface area contributed by atoms with Gasteiger partial charge in [-0.15, -0.1) is 0 Å². The SMILES string of the molecule is COc1ccc(NC(=O)c2ccc(F)c(Br)c2)cc1N. The fourth-order valence-corrected chi connectivity index (χ4v) is 2.03. The molecular formula is C14H12BrFN2O2. The van der Waals surface area contributed by atoms with Crippen LogP contribution in [0.5, 0.6) is 5.75 Å². The molecular weight excluding hydrogens is 327 g/mol. The molecule has 0 unspecified atom stereocenters. The normalized spacial score (nSPS) is 10.2. The van der Waals surface area contributed by atoms with Gasteiger partial charge in [-0.3, -0.25) is 4.79 Å². The lowest BCUT2D eigenvalue weighted by molar-refractivity contribution is 0.102. The molecule has 6 heteroatoms. The van der Waals surface area contributed by atoms with E-state index in [2.05, 4.69) is 21.2 Å². The van der Waals surface area contributed by atoms with Gasteiger partial charge < -0.3 is 15.8 Å². The third-order valence-corrected chi connectivity index (χ3v) is 3.28. The van der Waals surface area contributed by atoms with E-state index in [1.807, 2.05) is 0 Å². The van der Waals surface area contributed by atoms with Gasteiger partial charge in [0.15, 0.2) is 0 Å². The molecule has 0 radical (unpaired) electrons. The highest BCUT2D eigenvalue weighted by Crippen LogP contribution is 2.25. The summed E-state index contributed by atoms with van der Waals surface area (Å²) in [5.74, 6) is -0.238. The Bertz CT molecular complexity index is 662. The van der Waals surface area contributed by atoms with Crippen LogP contribution >= 0.6 is 15.9 Å². The summed E-state index contributed by atoms with van der Waals surface area (Å²) in [6, 6.07) is 8.97. The van der Waals surface area contributed by atoms with Gasteiger partial charge in [0.05, 0.1) is 17.3 Å². The Morgan fingerprint density at radius 3 is 2.65 bits per heavy atom. The first kappa shape index (κ1) is 14.3. The smallest absolute Gasteiger partial charge is 0.255 e. The highest BCUT2D eigenvalue weighted by molar-refractivity contribution is 9.10. The summed E-state index contributed by atoms with van der Waals surface area (Å²) in [6.07, 6.45) is 0. The maximum Gasteiger partial charge on any atom is 0.255 e. The fraction of sp³-hybridized carbons (Fsp3) is 0.0714. The Morgan fingerprint density at radius 2 is 2.05 bits per heavy atom. The highest BCUT2D eigenvalue weighted by atomic mass is 79.9. The molecule has 2 aromatic carbocycles. The number of carbonyl (C=O) groups is 1. The number of carbonyl (C=O) groups excluding carboxylic acids is 1. The summed E-state index contributed by atoms with van der Waals surface area (Å²) in [7, 11) is 1.51. The van der Waals surface area contributed by atoms with E-state index in [4.69, 9.17) is 10.5 Å². The van der Waals surface area contributed by atoms with Crippen LogP contribution in [0.25, 0.3) is 0 Å². The Kier molecular flexibility index (Phi) is 4.24. The molecule has 0 spiro atoms. The molecule has 2 aromatic rings. The zero-order valence-electron chi connectivity index (χ0n) is 10.6. The Labute approximate surface area is 123 Å². The molecule has 1 amide bonds. The van der Waals surface area contributed by atoms with E-state index < -0.39 is 5.82 Å². The highest BCUT2D eigenvalue weighted by Gasteiger charge is 2.10. The molecule has 2 rings (SSSR count). The summed E-state index contributed by atoms with van der Waals surface area (Å²) in [5.41, 5.74) is 7.06. The predicted octanol–water partition coefficient (Wildman–Crippen LogP) is 3.43. The molecule has 4 nitrogen and oxygen atoms in total. The van der Waals surface area contributed by atoms with Crippen LogP contribution in [0, 0.1) is 5.82 Å². The second-order valence-electron chi connectivity index (χ2n) is 4.04. The van der Waals surface area contributed by atoms with Gasteiger partial charge >= 0.3 is 0 Å². The lowest BCUT2D eigenvalue weighted by Crippen LogP contribution is -2.12. The summed E-state index contributed by atoms with van der Waals surface area (Å²) in [4.78, 5) is 12.0. The van der Waals surface area contributed by atoms with Crippen molar-refractivity contribution in [3.8, 4) is 5.75 Å². The molecule has 0 bridgehead atoms. The third-order valence-electron chi connectivity index (χ3n) is 2.67. The number of benzene rings is 2. The van der Waals surface area contributed by atoms with Crippen LogP contribution < -0.4 is 15.8 Å². The number of methoxy groups -OCH3 is 1. The largest absolute Gasteiger partial charge is 0.495 e. The number of anilines is 2. The van der Waals surface area contributed by atoms with Gasteiger partial charge in [-0.1, -0.05) is 0 Å². The summed E-state index contributed by atoms with van der Waals surface area (Å²) in [5, 5.41) is 2.68. The number of hydrogen-bond donors (Lipinski definition) is 2. The van der Waals surface area contributed by atoms with E-state index in [9.17, 15) is 9.18 Å². The zero-order valence-corrected chi connectivity index (χ0v) is 12.2. The number of nitrogens with one attached hydrogen (secondary N) is 1. The first-order valence-corrected chi connectivity index (χ1v) is 6.50. The van der Waals surface area contributed by atoms with Gasteiger partial charge in [0.2, 0.25) is 0 Å². The van der Waals surface area contributed by atoms with Crippen molar-refractivity contribution in [1.29, 1.82) is 0 Å². The standard InChI is InChI=1S/C14H12BrFN2O2/c1-20-13-5-3-9(7-12(13)17)18-14(19)8-2-4-11(16)10(15)6-8/h2-7H,17H2,1H3,(H,18,19). The maximum absolute atomic E-state index is 13.1. The molecule has 104 valence electrons. The van der Waals surface area contributed by atoms with E-state index in [1.165, 1.54) is 25.3 Å². The molecule has 0 aliphatic rings. The van der Waals surface area contributed by atoms with Crippen molar-refractivity contribution in [3.63, 3.8) is 0 Å². The maximum atomic E-state index is 13.1. The van der Waals surface area contributed by atoms with E-state index in [0.29, 0.717) is 22.7 Å². The predicted molar refractivity (Wildman–Crippen MR) is 79.5 cm³/mol. The van der Waals surface area contributed by atoms with Crippen LogP contribution in [0.15, 0.2) is 40.9 Å². The first-order valence-electron chi connectivity index (χ1n) is 5.71. The number of halogens is 2. The van der Waals surface area contributed by atoms with Crippen molar-refractivity contribution in [2.45, 2.75) is 0 Å². The van der Waals surface area contributed by atoms with Crippen LogP contribution in [0.3, 0.4) is 0 Å². The van der Waals surface area contributed by atoms with Crippen LogP contribution in [0.4, 0.5) is 15.8 Å². The van der Waals surface area contributed by atoms with E-state index >= 15 is 0 Å². The van der Waals surface area contributed by atoms with Crippen molar-refractivity contribution >= 4 is 33.2 Å². The number of amides is 1. The average Bonchev–Trinajstić information content (AvgIpc) is 2.42. The van der Waals surface area contributed by atoms with Crippen molar-refractivity contribution < 1.29 is 13.9 Å². The van der Waals surface area contributed by atoms with E-state index in [-0.39, 0.29) is 10.4 Å². The lowest BCUT2D eigenvalue weighted by Gasteiger charge is -2.09. The Balaban J connectivity index is 2.19. The van der Waals surface area contributed by atoms with Gasteiger partial charge in [0.25, 0.3) is 5.91 Å². The summed E-state index contributed by atoms with van der Waals surface area (Å²) in [6.45, 7) is 0. The average molecular weight is 339 g/mol. The van der Waals surface area contributed by atoms with Crippen molar-refractivity contribution in [2.75, 3.05) is 18.2 Å². The second-order valence-corrected chi connectivity index (χ2v) is 4.89. The zero-order chi connectivity index (χ0) is 14.7. The van der Waals surface area contributed by atoms with Crippen LogP contribution in [-0.2, 0) is 0 Å². The van der Waals surface area contributed by atoms with Gasteiger partial charge in [0.1, 0.15) is 11.6 Å². The lowest BCUT2D eigenvalue weighted by atomic mass is 10.2. The Morgan fingerprint density at radius 1 is 1.30 bits per heavy atom. The van der Waals surface area contributed by atoms with E-state index in [1.54, 1.807) is 18.2 Å². The van der Waals surface area contributed by atoms with Crippen LogP contribution in [-0.4, -0.2) is 13.0 Å². The Hall–Kier alpha value is -2.08. The minimum absolute atomic E-state index is 0.236. The van der Waals surface area contributed by atoms with Gasteiger partial charge in [-0.05, 0) is 52.3 Å². The van der Waals surface area contributed by atoms with Crippen molar-refractivity contribution in [3.05, 3.63) is 52.3 Å². The number of ether oxygens (including phenoxy) is 1. The summed E-state index contributed by atoms with van der Waals surface area (Å²) >= 11 is 3.04. The molecule has 0 saturated heterocycles. The number of hydrogen-bond acceptors (Lipinski definition) is 3.